The van der Waals surface area contributed by atoms with Gasteiger partial charge in [0.05, 0.1) is 30.1 Å². The number of ether oxygens (including phenoxy) is 2. The summed E-state index contributed by atoms with van der Waals surface area (Å²) in [6.45, 7) is 14.3. The SMILES string of the molecule is C[C@@H]1CC(OCC[C@H]2CC[C@H](N3C(=S)N(c4cnc(C#N)c(C(F)(F)F)c4)C(=O)C3(C)C)CC2)C[C@H](C)N1CC(=O)OC(C)(C)C. The highest BCUT2D eigenvalue weighted by Gasteiger charge is 2.52. The van der Waals surface area contributed by atoms with E-state index in [9.17, 15) is 22.8 Å². The van der Waals surface area contributed by atoms with Crippen molar-refractivity contribution < 1.29 is 32.2 Å². The van der Waals surface area contributed by atoms with Crippen molar-refractivity contribution in [1.29, 1.82) is 5.26 Å². The van der Waals surface area contributed by atoms with Crippen molar-refractivity contribution in [2.45, 2.75) is 135 Å². The fourth-order valence-corrected chi connectivity index (χ4v) is 7.72. The summed E-state index contributed by atoms with van der Waals surface area (Å²) in [5.74, 6) is -0.173. The molecule has 46 heavy (non-hydrogen) atoms. The molecule has 0 radical (unpaired) electrons. The van der Waals surface area contributed by atoms with Crippen molar-refractivity contribution in [3.05, 3.63) is 23.5 Å². The number of halogens is 3. The van der Waals surface area contributed by atoms with Gasteiger partial charge >= 0.3 is 12.1 Å². The molecule has 0 N–H and O–H groups in total. The van der Waals surface area contributed by atoms with Crippen LogP contribution in [0.5, 0.6) is 0 Å². The Kier molecular flexibility index (Phi) is 10.8. The number of carbonyl (C=O) groups excluding carboxylic acids is 2. The molecule has 0 aromatic carbocycles. The Balaban J connectivity index is 1.29. The fraction of sp³-hybridized carbons (Fsp3) is 0.727. The summed E-state index contributed by atoms with van der Waals surface area (Å²) in [5, 5.41) is 9.27. The maximum atomic E-state index is 13.6. The van der Waals surface area contributed by atoms with Gasteiger partial charge in [0.1, 0.15) is 17.2 Å². The van der Waals surface area contributed by atoms with Crippen molar-refractivity contribution in [3.63, 3.8) is 0 Å². The molecule has 1 aromatic rings. The third-order valence-electron chi connectivity index (χ3n) is 9.40. The summed E-state index contributed by atoms with van der Waals surface area (Å²) in [7, 11) is 0. The molecule has 9 nitrogen and oxygen atoms in total. The molecule has 3 heterocycles. The van der Waals surface area contributed by atoms with Crippen molar-refractivity contribution in [3.8, 4) is 6.07 Å². The lowest BCUT2D eigenvalue weighted by atomic mass is 9.82. The number of likely N-dealkylation sites (tertiary alicyclic amines) is 1. The van der Waals surface area contributed by atoms with Gasteiger partial charge in [0.2, 0.25) is 0 Å². The van der Waals surface area contributed by atoms with Gasteiger partial charge in [-0.25, -0.2) is 4.98 Å². The second-order valence-corrected chi connectivity index (χ2v) is 14.8. The lowest BCUT2D eigenvalue weighted by Gasteiger charge is -2.42. The van der Waals surface area contributed by atoms with Crippen molar-refractivity contribution in [1.82, 2.24) is 14.8 Å². The smallest absolute Gasteiger partial charge is 0.419 e. The molecule has 1 amide bonds. The lowest BCUT2D eigenvalue weighted by Crippen LogP contribution is -2.51. The summed E-state index contributed by atoms with van der Waals surface area (Å²) in [5.41, 5.74) is -3.60. The van der Waals surface area contributed by atoms with E-state index >= 15 is 0 Å². The zero-order valence-corrected chi connectivity index (χ0v) is 28.6. The Morgan fingerprint density at radius 3 is 2.28 bits per heavy atom. The van der Waals surface area contributed by atoms with Crippen LogP contribution in [0.15, 0.2) is 12.3 Å². The van der Waals surface area contributed by atoms with E-state index in [0.717, 1.165) is 62.1 Å². The van der Waals surface area contributed by atoms with E-state index in [1.807, 2.05) is 25.7 Å². The zero-order chi connectivity index (χ0) is 34.2. The molecular weight excluding hydrogens is 619 g/mol. The zero-order valence-electron chi connectivity index (χ0n) is 27.8. The van der Waals surface area contributed by atoms with Crippen LogP contribution in [-0.4, -0.2) is 80.3 Å². The summed E-state index contributed by atoms with van der Waals surface area (Å²) in [6, 6.07) is 2.62. The van der Waals surface area contributed by atoms with Crippen LogP contribution in [0.2, 0.25) is 0 Å². The van der Waals surface area contributed by atoms with Crippen LogP contribution in [0, 0.1) is 17.2 Å². The number of amides is 1. The molecule has 3 fully saturated rings. The van der Waals surface area contributed by atoms with E-state index in [2.05, 4.69) is 23.7 Å². The van der Waals surface area contributed by atoms with E-state index in [4.69, 9.17) is 27.0 Å². The third-order valence-corrected chi connectivity index (χ3v) is 9.78. The van der Waals surface area contributed by atoms with E-state index < -0.39 is 34.5 Å². The molecule has 2 aliphatic heterocycles. The first-order valence-corrected chi connectivity index (χ1v) is 16.5. The van der Waals surface area contributed by atoms with Crippen LogP contribution in [0.25, 0.3) is 0 Å². The van der Waals surface area contributed by atoms with Crippen LogP contribution in [0.3, 0.4) is 0 Å². The first kappa shape index (κ1) is 36.0. The van der Waals surface area contributed by atoms with Crippen molar-refractivity contribution in [2.24, 2.45) is 5.92 Å². The number of esters is 1. The standard InChI is InChI=1S/C33H46F3N5O4S/c1-20-14-25(15-21(2)39(20)19-28(42)45-31(3,4)5)44-13-12-22-8-10-23(11-9-22)41-30(46)40(29(43)32(41,6)7)24-16-26(33(34,35)36)27(17-37)38-18-24/h16,18,20-23,25H,8-15,19H2,1-7H3/t20-,21+,22-,23-,25?. The average molecular weight is 666 g/mol. The molecule has 4 rings (SSSR count). The number of piperidine rings is 1. The van der Waals surface area contributed by atoms with Gasteiger partial charge in [0.15, 0.2) is 10.8 Å². The molecule has 3 atom stereocenters. The maximum absolute atomic E-state index is 13.6. The van der Waals surface area contributed by atoms with Gasteiger partial charge in [-0.2, -0.15) is 18.4 Å². The molecule has 3 aliphatic rings. The molecule has 1 saturated carbocycles. The minimum atomic E-state index is -4.80. The number of hydrogen-bond donors (Lipinski definition) is 0. The highest BCUT2D eigenvalue weighted by atomic mass is 32.1. The van der Waals surface area contributed by atoms with Crippen molar-refractivity contribution in [2.75, 3.05) is 18.1 Å². The second-order valence-electron chi connectivity index (χ2n) is 14.4. The molecule has 1 aromatic heterocycles. The van der Waals surface area contributed by atoms with Gasteiger partial charge in [-0.15, -0.1) is 0 Å². The number of anilines is 1. The fourth-order valence-electron chi connectivity index (χ4n) is 7.16. The Labute approximate surface area is 275 Å². The largest absolute Gasteiger partial charge is 0.459 e. The Morgan fingerprint density at radius 2 is 1.74 bits per heavy atom. The van der Waals surface area contributed by atoms with Crippen LogP contribution in [0.4, 0.5) is 18.9 Å². The number of aromatic nitrogens is 1. The van der Waals surface area contributed by atoms with Crippen LogP contribution in [-0.2, 0) is 25.2 Å². The predicted molar refractivity (Wildman–Crippen MR) is 171 cm³/mol. The Bertz CT molecular complexity index is 1340. The molecule has 254 valence electrons. The highest BCUT2D eigenvalue weighted by molar-refractivity contribution is 7.80. The minimum Gasteiger partial charge on any atom is -0.459 e. The molecule has 1 aliphatic carbocycles. The number of alkyl halides is 3. The number of hydrogen-bond acceptors (Lipinski definition) is 8. The summed E-state index contributed by atoms with van der Waals surface area (Å²) < 4.78 is 52.7. The molecule has 2 saturated heterocycles. The number of nitriles is 1. The van der Waals surface area contributed by atoms with Crippen molar-refractivity contribution >= 4 is 34.9 Å². The third kappa shape index (κ3) is 8.00. The average Bonchev–Trinajstić information content (AvgIpc) is 3.12. The molecule has 13 heteroatoms. The summed E-state index contributed by atoms with van der Waals surface area (Å²) >= 11 is 5.70. The second kappa shape index (κ2) is 13.7. The van der Waals surface area contributed by atoms with Gasteiger partial charge in [-0.1, -0.05) is 0 Å². The van der Waals surface area contributed by atoms with Crippen LogP contribution in [0.1, 0.15) is 105 Å². The predicted octanol–water partition coefficient (Wildman–Crippen LogP) is 6.23. The van der Waals surface area contributed by atoms with Gasteiger partial charge in [0, 0.05) is 24.7 Å². The maximum Gasteiger partial charge on any atom is 0.419 e. The minimum absolute atomic E-state index is 0.0296. The van der Waals surface area contributed by atoms with Gasteiger partial charge in [0.25, 0.3) is 5.91 Å². The lowest BCUT2D eigenvalue weighted by molar-refractivity contribution is -0.159. The number of thiocarbonyl (C=S) groups is 1. The topological polar surface area (TPSA) is 99.0 Å². The summed E-state index contributed by atoms with van der Waals surface area (Å²) in [6.07, 6.45) is 2.50. The molecule has 0 bridgehead atoms. The first-order valence-electron chi connectivity index (χ1n) is 16.1. The first-order chi connectivity index (χ1) is 21.3. The molecular formula is C33H46F3N5O4S. The van der Waals surface area contributed by atoms with E-state index in [1.165, 1.54) is 6.07 Å². The van der Waals surface area contributed by atoms with E-state index in [0.29, 0.717) is 12.5 Å². The summed E-state index contributed by atoms with van der Waals surface area (Å²) in [4.78, 5) is 34.8. The van der Waals surface area contributed by atoms with Gasteiger partial charge in [-0.05, 0) is 118 Å². The van der Waals surface area contributed by atoms with E-state index in [-0.39, 0.29) is 47.5 Å². The normalized spacial score (nSPS) is 27.5. The number of pyridine rings is 1. The molecule has 1 unspecified atom stereocenters. The quantitative estimate of drug-likeness (QED) is 0.236. The number of rotatable bonds is 8. The molecule has 0 spiro atoms. The van der Waals surface area contributed by atoms with Crippen LogP contribution < -0.4 is 4.90 Å². The van der Waals surface area contributed by atoms with Gasteiger partial charge in [-0.3, -0.25) is 19.4 Å². The number of carbonyl (C=O) groups is 2. The van der Waals surface area contributed by atoms with Gasteiger partial charge < -0.3 is 14.4 Å². The Hall–Kier alpha value is -2.82. The monoisotopic (exact) mass is 665 g/mol. The Morgan fingerprint density at radius 1 is 1.13 bits per heavy atom. The van der Waals surface area contributed by atoms with Crippen LogP contribution >= 0.6 is 12.2 Å². The highest BCUT2D eigenvalue weighted by Crippen LogP contribution is 2.41. The van der Waals surface area contributed by atoms with E-state index in [1.54, 1.807) is 13.8 Å². The number of nitrogens with zero attached hydrogens (tertiary/aromatic N) is 5.